The van der Waals surface area contributed by atoms with Crippen molar-refractivity contribution >= 4 is 62.1 Å². The maximum Gasteiger partial charge on any atom is 0.265 e. The van der Waals surface area contributed by atoms with E-state index in [1.807, 2.05) is 0 Å². The summed E-state index contributed by atoms with van der Waals surface area (Å²) in [6.07, 6.45) is 0.877. The number of rotatable bonds is 1. The number of thiophene rings is 1. The molecule has 2 heterocycles. The number of halogens is 3. The highest BCUT2D eigenvalue weighted by atomic mass is 35.5. The lowest BCUT2D eigenvalue weighted by Gasteiger charge is -2.29. The maximum absolute atomic E-state index is 12.6. The molecule has 1 fully saturated rings. The van der Waals surface area contributed by atoms with Crippen LogP contribution in [0.15, 0.2) is 12.1 Å². The number of hydrogen-bond donors (Lipinski definition) is 1. The van der Waals surface area contributed by atoms with Crippen molar-refractivity contribution < 1.29 is 9.90 Å². The third-order valence-corrected chi connectivity index (χ3v) is 5.73. The molecule has 112 valence electrons. The second-order valence-corrected chi connectivity index (χ2v) is 7.30. The fourth-order valence-electron chi connectivity index (χ4n) is 2.46. The molecule has 0 bridgehead atoms. The molecule has 1 amide bonds. The van der Waals surface area contributed by atoms with Crippen LogP contribution in [0, 0.1) is 0 Å². The molecular formula is C14H12Cl3NO2S. The Labute approximate surface area is 141 Å². The number of nitrogens with zero attached hydrogens (tertiary/aromatic N) is 1. The Morgan fingerprint density at radius 3 is 2.57 bits per heavy atom. The third kappa shape index (κ3) is 2.88. The number of carbonyl (C=O) groups is 1. The van der Waals surface area contributed by atoms with E-state index in [1.54, 1.807) is 17.0 Å². The van der Waals surface area contributed by atoms with Gasteiger partial charge in [0, 0.05) is 28.2 Å². The number of likely N-dealkylation sites (tertiary alicyclic amines) is 1. The lowest BCUT2D eigenvalue weighted by atomic mass is 10.1. The van der Waals surface area contributed by atoms with Crippen molar-refractivity contribution in [3.8, 4) is 0 Å². The molecule has 1 N–H and O–H groups in total. The lowest BCUT2D eigenvalue weighted by molar-refractivity contribution is 0.0551. The average molecular weight is 365 g/mol. The molecule has 0 saturated carbocycles. The van der Waals surface area contributed by atoms with Crippen molar-refractivity contribution in [1.82, 2.24) is 4.90 Å². The number of piperidine rings is 1. The number of amides is 1. The Kier molecular flexibility index (Phi) is 4.35. The lowest BCUT2D eigenvalue weighted by Crippen LogP contribution is -2.39. The van der Waals surface area contributed by atoms with E-state index in [2.05, 4.69) is 0 Å². The van der Waals surface area contributed by atoms with Crippen molar-refractivity contribution in [2.24, 2.45) is 0 Å². The van der Waals surface area contributed by atoms with Crippen molar-refractivity contribution in [1.29, 1.82) is 0 Å². The zero-order chi connectivity index (χ0) is 15.1. The number of hydrogen-bond acceptors (Lipinski definition) is 3. The van der Waals surface area contributed by atoms with Crippen molar-refractivity contribution in [3.63, 3.8) is 0 Å². The molecule has 7 heteroatoms. The fourth-order valence-corrected chi connectivity index (χ4v) is 4.80. The van der Waals surface area contributed by atoms with Crippen LogP contribution in [0.25, 0.3) is 10.1 Å². The fraction of sp³-hybridized carbons (Fsp3) is 0.357. The summed E-state index contributed by atoms with van der Waals surface area (Å²) >= 11 is 19.8. The van der Waals surface area contributed by atoms with Crippen molar-refractivity contribution in [2.75, 3.05) is 13.1 Å². The van der Waals surface area contributed by atoms with Gasteiger partial charge in [-0.1, -0.05) is 34.8 Å². The molecule has 0 unspecified atom stereocenters. The molecule has 1 aliphatic heterocycles. The topological polar surface area (TPSA) is 40.5 Å². The van der Waals surface area contributed by atoms with Gasteiger partial charge in [0.1, 0.15) is 4.88 Å². The summed E-state index contributed by atoms with van der Waals surface area (Å²) < 4.78 is 0.804. The predicted octanol–water partition coefficient (Wildman–Crippen LogP) is 4.46. The molecule has 0 aliphatic carbocycles. The van der Waals surface area contributed by atoms with Crippen LogP contribution in [0.5, 0.6) is 0 Å². The first kappa shape index (κ1) is 15.4. The van der Waals surface area contributed by atoms with E-state index in [4.69, 9.17) is 34.8 Å². The van der Waals surface area contributed by atoms with Crippen LogP contribution >= 0.6 is 46.1 Å². The van der Waals surface area contributed by atoms with Crippen LogP contribution < -0.4 is 0 Å². The van der Waals surface area contributed by atoms with E-state index in [-0.39, 0.29) is 12.0 Å². The Balaban J connectivity index is 1.99. The molecule has 0 atom stereocenters. The van der Waals surface area contributed by atoms with Gasteiger partial charge in [-0.15, -0.1) is 11.3 Å². The minimum Gasteiger partial charge on any atom is -0.393 e. The van der Waals surface area contributed by atoms with E-state index in [0.717, 1.165) is 4.70 Å². The summed E-state index contributed by atoms with van der Waals surface area (Å²) in [4.78, 5) is 14.8. The first-order chi connectivity index (χ1) is 9.97. The van der Waals surface area contributed by atoms with Gasteiger partial charge in [0.05, 0.1) is 16.1 Å². The summed E-state index contributed by atoms with van der Waals surface area (Å²) in [6.45, 7) is 1.08. The van der Waals surface area contributed by atoms with Gasteiger partial charge in [-0.25, -0.2) is 0 Å². The van der Waals surface area contributed by atoms with Gasteiger partial charge < -0.3 is 10.0 Å². The van der Waals surface area contributed by atoms with Crippen LogP contribution in [0.2, 0.25) is 15.1 Å². The molecule has 1 saturated heterocycles. The number of fused-ring (bicyclic) bond motifs is 1. The van der Waals surface area contributed by atoms with Gasteiger partial charge >= 0.3 is 0 Å². The number of carbonyl (C=O) groups excluding carboxylic acids is 1. The normalized spacial score (nSPS) is 16.7. The third-order valence-electron chi connectivity index (χ3n) is 3.60. The average Bonchev–Trinajstić information content (AvgIpc) is 2.76. The van der Waals surface area contributed by atoms with Gasteiger partial charge in [0.25, 0.3) is 5.91 Å². The van der Waals surface area contributed by atoms with Crippen molar-refractivity contribution in [3.05, 3.63) is 32.1 Å². The van der Waals surface area contributed by atoms with Gasteiger partial charge in [-0.05, 0) is 25.0 Å². The highest BCUT2D eigenvalue weighted by molar-refractivity contribution is 7.21. The van der Waals surface area contributed by atoms with Crippen molar-refractivity contribution in [2.45, 2.75) is 18.9 Å². The quantitative estimate of drug-likeness (QED) is 0.811. The summed E-state index contributed by atoms with van der Waals surface area (Å²) in [7, 11) is 0. The second-order valence-electron chi connectivity index (χ2n) is 5.03. The molecule has 3 nitrogen and oxygen atoms in total. The van der Waals surface area contributed by atoms with E-state index in [1.165, 1.54) is 11.3 Å². The van der Waals surface area contributed by atoms with E-state index in [0.29, 0.717) is 51.3 Å². The van der Waals surface area contributed by atoms with Gasteiger partial charge in [0.15, 0.2) is 0 Å². The first-order valence-corrected chi connectivity index (χ1v) is 8.47. The summed E-state index contributed by atoms with van der Waals surface area (Å²) in [5.41, 5.74) is 0. The van der Waals surface area contributed by atoms with Crippen LogP contribution in [0.4, 0.5) is 0 Å². The summed E-state index contributed by atoms with van der Waals surface area (Å²) in [5.74, 6) is -0.111. The van der Waals surface area contributed by atoms with Crippen LogP contribution in [-0.4, -0.2) is 35.1 Å². The van der Waals surface area contributed by atoms with Gasteiger partial charge in [0.2, 0.25) is 0 Å². The Hall–Kier alpha value is -0.520. The molecule has 0 radical (unpaired) electrons. The molecule has 1 aliphatic rings. The highest BCUT2D eigenvalue weighted by Gasteiger charge is 2.26. The first-order valence-electron chi connectivity index (χ1n) is 6.51. The Bertz CT molecular complexity index is 708. The van der Waals surface area contributed by atoms with E-state index >= 15 is 0 Å². The van der Waals surface area contributed by atoms with Crippen LogP contribution in [-0.2, 0) is 0 Å². The molecule has 1 aromatic carbocycles. The standard InChI is InChI=1S/C14H12Cl3NO2S/c15-7-5-9(16)11-10(6-7)21-13(12(11)17)14(20)18-3-1-8(19)2-4-18/h5-6,8,19H,1-4H2. The molecule has 2 aromatic rings. The number of aliphatic hydroxyl groups is 1. The largest absolute Gasteiger partial charge is 0.393 e. The maximum atomic E-state index is 12.6. The number of benzene rings is 1. The molecule has 1 aromatic heterocycles. The van der Waals surface area contributed by atoms with Gasteiger partial charge in [-0.3, -0.25) is 4.79 Å². The zero-order valence-electron chi connectivity index (χ0n) is 10.9. The van der Waals surface area contributed by atoms with E-state index < -0.39 is 0 Å². The van der Waals surface area contributed by atoms with Crippen LogP contribution in [0.3, 0.4) is 0 Å². The van der Waals surface area contributed by atoms with Crippen LogP contribution in [0.1, 0.15) is 22.5 Å². The molecule has 0 spiro atoms. The monoisotopic (exact) mass is 363 g/mol. The minimum absolute atomic E-state index is 0.111. The number of aliphatic hydroxyl groups excluding tert-OH is 1. The molecule has 21 heavy (non-hydrogen) atoms. The van der Waals surface area contributed by atoms with Gasteiger partial charge in [-0.2, -0.15) is 0 Å². The zero-order valence-corrected chi connectivity index (χ0v) is 14.0. The molecular weight excluding hydrogens is 353 g/mol. The minimum atomic E-state index is -0.319. The van der Waals surface area contributed by atoms with E-state index in [9.17, 15) is 9.90 Å². The predicted molar refractivity (Wildman–Crippen MR) is 88.0 cm³/mol. The second kappa shape index (κ2) is 5.94. The smallest absolute Gasteiger partial charge is 0.265 e. The summed E-state index contributed by atoms with van der Waals surface area (Å²) in [5, 5.41) is 11.5. The Morgan fingerprint density at radius 2 is 1.90 bits per heavy atom. The summed E-state index contributed by atoms with van der Waals surface area (Å²) in [6, 6.07) is 3.38. The molecule has 3 rings (SSSR count). The Morgan fingerprint density at radius 1 is 1.24 bits per heavy atom. The highest BCUT2D eigenvalue weighted by Crippen LogP contribution is 2.41. The SMILES string of the molecule is O=C(c1sc2cc(Cl)cc(Cl)c2c1Cl)N1CCC(O)CC1.